The number of hydroxylamine groups is 2. The molecule has 15 heavy (non-hydrogen) atoms. The lowest BCUT2D eigenvalue weighted by molar-refractivity contribution is -0.171. The number of nitrogens with zero attached hydrogens (tertiary/aromatic N) is 1. The summed E-state index contributed by atoms with van der Waals surface area (Å²) in [6, 6.07) is 0. The summed E-state index contributed by atoms with van der Waals surface area (Å²) in [5.41, 5.74) is 1.10. The van der Waals surface area contributed by atoms with Crippen molar-refractivity contribution in [2.75, 3.05) is 20.7 Å². The molecule has 4 heteroatoms. The number of rotatable bonds is 6. The van der Waals surface area contributed by atoms with Gasteiger partial charge in [-0.05, 0) is 20.3 Å². The Balaban J connectivity index is 4.42. The van der Waals surface area contributed by atoms with Gasteiger partial charge in [0.15, 0.2) is 0 Å². The van der Waals surface area contributed by atoms with Gasteiger partial charge in [-0.1, -0.05) is 13.0 Å². The third-order valence-corrected chi connectivity index (χ3v) is 2.21. The maximum Gasteiger partial charge on any atom is 0.252 e. The minimum atomic E-state index is -0.163. The van der Waals surface area contributed by atoms with Crippen LogP contribution >= 0.6 is 0 Å². The summed E-state index contributed by atoms with van der Waals surface area (Å²) in [7, 11) is 3.10. The van der Waals surface area contributed by atoms with Crippen molar-refractivity contribution in [1.29, 1.82) is 0 Å². The Kier molecular flexibility index (Phi) is 6.79. The molecule has 88 valence electrons. The fourth-order valence-electron chi connectivity index (χ4n) is 1.28. The summed E-state index contributed by atoms with van der Waals surface area (Å²) < 4.78 is 0. The molecule has 0 fully saturated rings. The van der Waals surface area contributed by atoms with Crippen molar-refractivity contribution in [3.8, 4) is 0 Å². The zero-order chi connectivity index (χ0) is 11.8. The number of carbonyl (C=O) groups excluding carboxylic acids is 1. The zero-order valence-electron chi connectivity index (χ0n) is 10.3. The smallest absolute Gasteiger partial charge is 0.252 e. The largest absolute Gasteiger partial charge is 0.389 e. The average Bonchev–Trinajstić information content (AvgIpc) is 2.26. The van der Waals surface area contributed by atoms with Crippen molar-refractivity contribution >= 4 is 5.91 Å². The van der Waals surface area contributed by atoms with Crippen molar-refractivity contribution in [2.24, 2.45) is 5.92 Å². The van der Waals surface area contributed by atoms with E-state index in [-0.39, 0.29) is 11.8 Å². The zero-order valence-corrected chi connectivity index (χ0v) is 10.3. The molecular formula is C11H22N2O2. The maximum atomic E-state index is 11.7. The highest BCUT2D eigenvalue weighted by Crippen LogP contribution is 2.07. The lowest BCUT2D eigenvalue weighted by Gasteiger charge is -2.17. The fourth-order valence-corrected chi connectivity index (χ4v) is 1.28. The van der Waals surface area contributed by atoms with Crippen LogP contribution in [-0.4, -0.2) is 31.7 Å². The van der Waals surface area contributed by atoms with E-state index in [1.807, 2.05) is 19.9 Å². The van der Waals surface area contributed by atoms with E-state index in [1.54, 1.807) is 7.05 Å². The van der Waals surface area contributed by atoms with Crippen molar-refractivity contribution < 1.29 is 9.63 Å². The molecule has 0 aromatic heterocycles. The number of hydrogen-bond donors (Lipinski definition) is 1. The van der Waals surface area contributed by atoms with Crippen LogP contribution in [0.4, 0.5) is 0 Å². The van der Waals surface area contributed by atoms with Crippen LogP contribution in [0.15, 0.2) is 11.8 Å². The summed E-state index contributed by atoms with van der Waals surface area (Å²) in [6.07, 6.45) is 2.85. The quantitative estimate of drug-likeness (QED) is 0.682. The third-order valence-electron chi connectivity index (χ3n) is 2.21. The van der Waals surface area contributed by atoms with Crippen molar-refractivity contribution in [3.63, 3.8) is 0 Å². The van der Waals surface area contributed by atoms with E-state index in [2.05, 4.69) is 12.2 Å². The standard InChI is InChI=1S/C11H22N2O2/c1-6-10(12-7-2)8-9(3)11(14)13(4)15-5/h8-9,12H,6-7H2,1-5H3/b10-8-. The molecule has 4 nitrogen and oxygen atoms in total. The Morgan fingerprint density at radius 1 is 1.53 bits per heavy atom. The van der Waals surface area contributed by atoms with Crippen LogP contribution in [0.1, 0.15) is 27.2 Å². The van der Waals surface area contributed by atoms with E-state index in [9.17, 15) is 4.79 Å². The normalized spacial score (nSPS) is 13.5. The third kappa shape index (κ3) is 4.83. The first kappa shape index (κ1) is 14.0. The molecular weight excluding hydrogens is 192 g/mol. The van der Waals surface area contributed by atoms with Crippen LogP contribution in [0.2, 0.25) is 0 Å². The molecule has 0 aliphatic rings. The van der Waals surface area contributed by atoms with Crippen molar-refractivity contribution in [1.82, 2.24) is 10.4 Å². The van der Waals surface area contributed by atoms with Gasteiger partial charge in [-0.25, -0.2) is 5.06 Å². The summed E-state index contributed by atoms with van der Waals surface area (Å²) >= 11 is 0. The van der Waals surface area contributed by atoms with Crippen LogP contribution in [0.3, 0.4) is 0 Å². The highest BCUT2D eigenvalue weighted by atomic mass is 16.7. The molecule has 0 aromatic carbocycles. The van der Waals surface area contributed by atoms with Crippen LogP contribution in [0, 0.1) is 5.92 Å². The van der Waals surface area contributed by atoms with Crippen molar-refractivity contribution in [2.45, 2.75) is 27.2 Å². The number of amides is 1. The summed E-state index contributed by atoms with van der Waals surface area (Å²) in [4.78, 5) is 16.5. The lowest BCUT2D eigenvalue weighted by atomic mass is 10.1. The number of nitrogens with one attached hydrogen (secondary N) is 1. The van der Waals surface area contributed by atoms with E-state index in [1.165, 1.54) is 12.2 Å². The fraction of sp³-hybridized carbons (Fsp3) is 0.727. The minimum Gasteiger partial charge on any atom is -0.389 e. The van der Waals surface area contributed by atoms with Gasteiger partial charge in [-0.3, -0.25) is 9.63 Å². The summed E-state index contributed by atoms with van der Waals surface area (Å²) in [5.74, 6) is -0.203. The second-order valence-electron chi connectivity index (χ2n) is 3.38. The van der Waals surface area contributed by atoms with Crippen LogP contribution in [0.25, 0.3) is 0 Å². The Hall–Kier alpha value is -1.03. The predicted octanol–water partition coefficient (Wildman–Crippen LogP) is 1.55. The van der Waals surface area contributed by atoms with Gasteiger partial charge in [0.25, 0.3) is 5.91 Å². The number of allylic oxidation sites excluding steroid dienone is 1. The molecule has 1 amide bonds. The van der Waals surface area contributed by atoms with E-state index >= 15 is 0 Å². The molecule has 0 aliphatic heterocycles. The van der Waals surface area contributed by atoms with Gasteiger partial charge in [-0.2, -0.15) is 0 Å². The van der Waals surface area contributed by atoms with E-state index in [4.69, 9.17) is 4.84 Å². The van der Waals surface area contributed by atoms with Crippen molar-refractivity contribution in [3.05, 3.63) is 11.8 Å². The second-order valence-corrected chi connectivity index (χ2v) is 3.38. The van der Waals surface area contributed by atoms with Gasteiger partial charge in [-0.15, -0.1) is 0 Å². The monoisotopic (exact) mass is 214 g/mol. The minimum absolute atomic E-state index is 0.0404. The molecule has 0 heterocycles. The first-order valence-corrected chi connectivity index (χ1v) is 5.33. The van der Waals surface area contributed by atoms with Gasteiger partial charge in [0.1, 0.15) is 0 Å². The van der Waals surface area contributed by atoms with Gasteiger partial charge in [0, 0.05) is 19.3 Å². The Morgan fingerprint density at radius 3 is 2.53 bits per heavy atom. The SMILES string of the molecule is CCN/C(=C\C(C)C(=O)N(C)OC)CC. The Labute approximate surface area is 92.2 Å². The number of hydrogen-bond acceptors (Lipinski definition) is 3. The van der Waals surface area contributed by atoms with Gasteiger partial charge in [0.2, 0.25) is 0 Å². The molecule has 0 aromatic rings. The van der Waals surface area contributed by atoms with Crippen LogP contribution < -0.4 is 5.32 Å². The molecule has 0 bridgehead atoms. The maximum absolute atomic E-state index is 11.7. The van der Waals surface area contributed by atoms with Gasteiger partial charge < -0.3 is 5.32 Å². The summed E-state index contributed by atoms with van der Waals surface area (Å²) in [6.45, 7) is 6.84. The number of carbonyl (C=O) groups is 1. The molecule has 0 aliphatic carbocycles. The van der Waals surface area contributed by atoms with Gasteiger partial charge >= 0.3 is 0 Å². The first-order valence-electron chi connectivity index (χ1n) is 5.33. The van der Waals surface area contributed by atoms with Crippen LogP contribution in [0.5, 0.6) is 0 Å². The van der Waals surface area contributed by atoms with E-state index in [0.29, 0.717) is 0 Å². The molecule has 0 saturated heterocycles. The average molecular weight is 214 g/mol. The highest BCUT2D eigenvalue weighted by Gasteiger charge is 2.15. The van der Waals surface area contributed by atoms with E-state index in [0.717, 1.165) is 18.7 Å². The van der Waals surface area contributed by atoms with Crippen LogP contribution in [-0.2, 0) is 9.63 Å². The molecule has 1 unspecified atom stereocenters. The molecule has 0 saturated carbocycles. The molecule has 0 radical (unpaired) electrons. The van der Waals surface area contributed by atoms with Gasteiger partial charge in [0.05, 0.1) is 13.0 Å². The summed E-state index contributed by atoms with van der Waals surface area (Å²) in [5, 5.41) is 4.47. The Bertz CT molecular complexity index is 227. The van der Waals surface area contributed by atoms with E-state index < -0.39 is 0 Å². The molecule has 0 spiro atoms. The highest BCUT2D eigenvalue weighted by molar-refractivity contribution is 5.79. The molecule has 1 atom stereocenters. The Morgan fingerprint density at radius 2 is 2.13 bits per heavy atom. The molecule has 1 N–H and O–H groups in total. The second kappa shape index (κ2) is 7.29. The molecule has 0 rings (SSSR count). The topological polar surface area (TPSA) is 41.6 Å². The first-order chi connectivity index (χ1) is 7.06. The predicted molar refractivity (Wildman–Crippen MR) is 61.0 cm³/mol. The lowest BCUT2D eigenvalue weighted by Crippen LogP contribution is -2.30.